The minimum atomic E-state index is -0.425. The average Bonchev–Trinajstić information content (AvgIpc) is 2.14. The first-order valence-electron chi connectivity index (χ1n) is 6.25. The number of aliphatic hydroxyl groups excluding tert-OH is 1. The van der Waals surface area contributed by atoms with Crippen LogP contribution in [0.25, 0.3) is 0 Å². The van der Waals surface area contributed by atoms with Crippen LogP contribution in [0.2, 0.25) is 0 Å². The van der Waals surface area contributed by atoms with Crippen molar-refractivity contribution in [3.05, 3.63) is 0 Å². The van der Waals surface area contributed by atoms with Gasteiger partial charge in [0.1, 0.15) is 5.60 Å². The molecule has 0 aromatic rings. The zero-order valence-electron chi connectivity index (χ0n) is 10.8. The Labute approximate surface area is 102 Å². The Morgan fingerprint density at radius 2 is 1.94 bits per heavy atom. The Kier molecular flexibility index (Phi) is 3.32. The van der Waals surface area contributed by atoms with Crippen molar-refractivity contribution < 1.29 is 14.6 Å². The van der Waals surface area contributed by atoms with Crippen LogP contribution < -0.4 is 0 Å². The average molecular weight is 242 g/mol. The summed E-state index contributed by atoms with van der Waals surface area (Å²) >= 11 is 0. The number of piperazine rings is 1. The van der Waals surface area contributed by atoms with Crippen LogP contribution in [-0.2, 0) is 4.74 Å². The second-order valence-corrected chi connectivity index (χ2v) is 5.91. The molecule has 3 saturated heterocycles. The van der Waals surface area contributed by atoms with E-state index in [1.165, 1.54) is 0 Å². The van der Waals surface area contributed by atoms with E-state index in [1.54, 1.807) is 0 Å². The lowest BCUT2D eigenvalue weighted by Gasteiger charge is -2.55. The van der Waals surface area contributed by atoms with Gasteiger partial charge in [-0.25, -0.2) is 4.79 Å². The number of carbonyl (C=O) groups is 1. The Morgan fingerprint density at radius 3 is 2.41 bits per heavy atom. The van der Waals surface area contributed by atoms with E-state index in [0.29, 0.717) is 6.54 Å². The Hall–Kier alpha value is -0.810. The third-order valence-electron chi connectivity index (χ3n) is 3.29. The summed E-state index contributed by atoms with van der Waals surface area (Å²) in [5.74, 6) is 0. The van der Waals surface area contributed by atoms with Crippen molar-refractivity contribution >= 4 is 6.09 Å². The molecule has 1 amide bonds. The molecular formula is C12H22N2O3. The van der Waals surface area contributed by atoms with Crippen LogP contribution in [0, 0.1) is 0 Å². The number of nitrogens with zero attached hydrogens (tertiary/aromatic N) is 2. The van der Waals surface area contributed by atoms with Crippen molar-refractivity contribution in [2.75, 3.05) is 26.2 Å². The second-order valence-electron chi connectivity index (χ2n) is 5.91. The molecule has 0 aromatic heterocycles. The highest BCUT2D eigenvalue weighted by atomic mass is 16.6. The third kappa shape index (κ3) is 2.72. The SMILES string of the molecule is CC(C)(C)OC(=O)N1C2CC1CN(CCO)C2. The van der Waals surface area contributed by atoms with Crippen LogP contribution in [0.4, 0.5) is 4.79 Å². The van der Waals surface area contributed by atoms with Gasteiger partial charge in [-0.2, -0.15) is 0 Å². The van der Waals surface area contributed by atoms with Gasteiger partial charge in [0.25, 0.3) is 0 Å². The standard InChI is InChI=1S/C12H22N2O3/c1-12(2,3)17-11(16)14-9-6-10(14)8-13(7-9)4-5-15/h9-10,15H,4-8H2,1-3H3. The molecule has 2 atom stereocenters. The molecule has 0 aromatic carbocycles. The van der Waals surface area contributed by atoms with E-state index in [2.05, 4.69) is 4.90 Å². The molecule has 0 radical (unpaired) electrons. The molecule has 17 heavy (non-hydrogen) atoms. The van der Waals surface area contributed by atoms with E-state index in [0.717, 1.165) is 19.5 Å². The van der Waals surface area contributed by atoms with E-state index in [9.17, 15) is 4.79 Å². The summed E-state index contributed by atoms with van der Waals surface area (Å²) in [5.41, 5.74) is -0.425. The summed E-state index contributed by atoms with van der Waals surface area (Å²) < 4.78 is 5.39. The van der Waals surface area contributed by atoms with E-state index < -0.39 is 5.60 Å². The highest BCUT2D eigenvalue weighted by Gasteiger charge is 2.48. The Bertz CT molecular complexity index is 289. The number of carbonyl (C=O) groups excluding carboxylic acids is 1. The largest absolute Gasteiger partial charge is 0.444 e. The molecule has 3 aliphatic rings. The Morgan fingerprint density at radius 1 is 1.35 bits per heavy atom. The summed E-state index contributed by atoms with van der Waals surface area (Å²) in [4.78, 5) is 16.0. The highest BCUT2D eigenvalue weighted by Crippen LogP contribution is 2.33. The first-order chi connectivity index (χ1) is 7.90. The predicted octanol–water partition coefficient (Wildman–Crippen LogP) is 0.672. The number of hydrogen-bond acceptors (Lipinski definition) is 4. The lowest BCUT2D eigenvalue weighted by molar-refractivity contribution is -0.0781. The first-order valence-corrected chi connectivity index (χ1v) is 6.25. The number of aliphatic hydroxyl groups is 1. The van der Waals surface area contributed by atoms with Gasteiger partial charge in [-0.3, -0.25) is 9.80 Å². The molecule has 3 fully saturated rings. The van der Waals surface area contributed by atoms with E-state index in [4.69, 9.17) is 9.84 Å². The maximum Gasteiger partial charge on any atom is 0.410 e. The van der Waals surface area contributed by atoms with Gasteiger partial charge < -0.3 is 9.84 Å². The van der Waals surface area contributed by atoms with Gasteiger partial charge in [0.2, 0.25) is 0 Å². The summed E-state index contributed by atoms with van der Waals surface area (Å²) in [6.45, 7) is 8.27. The molecule has 5 nitrogen and oxygen atoms in total. The second kappa shape index (κ2) is 4.46. The predicted molar refractivity (Wildman–Crippen MR) is 63.8 cm³/mol. The van der Waals surface area contributed by atoms with Gasteiger partial charge in [-0.05, 0) is 27.2 Å². The van der Waals surface area contributed by atoms with Crippen molar-refractivity contribution in [2.45, 2.75) is 44.9 Å². The van der Waals surface area contributed by atoms with Crippen LogP contribution in [0.15, 0.2) is 0 Å². The first kappa shape index (κ1) is 12.6. The number of ether oxygens (including phenoxy) is 1. The minimum absolute atomic E-state index is 0.186. The van der Waals surface area contributed by atoms with Crippen molar-refractivity contribution in [1.82, 2.24) is 9.80 Å². The van der Waals surface area contributed by atoms with Crippen molar-refractivity contribution in [3.63, 3.8) is 0 Å². The van der Waals surface area contributed by atoms with Crippen molar-refractivity contribution in [3.8, 4) is 0 Å². The maximum atomic E-state index is 12.0. The zero-order chi connectivity index (χ0) is 12.6. The molecule has 98 valence electrons. The number of amides is 1. The summed E-state index contributed by atoms with van der Waals surface area (Å²) in [5, 5.41) is 8.90. The fraction of sp³-hybridized carbons (Fsp3) is 0.917. The smallest absolute Gasteiger partial charge is 0.410 e. The molecule has 3 rings (SSSR count). The van der Waals surface area contributed by atoms with E-state index >= 15 is 0 Å². The molecule has 0 aliphatic carbocycles. The van der Waals surface area contributed by atoms with Crippen LogP contribution in [0.1, 0.15) is 27.2 Å². The lowest BCUT2D eigenvalue weighted by Crippen LogP contribution is -2.70. The van der Waals surface area contributed by atoms with E-state index in [1.807, 2.05) is 25.7 Å². The lowest BCUT2D eigenvalue weighted by atomic mass is 9.88. The molecule has 3 aliphatic heterocycles. The highest BCUT2D eigenvalue weighted by molar-refractivity contribution is 5.70. The van der Waals surface area contributed by atoms with Gasteiger partial charge in [-0.1, -0.05) is 0 Å². The topological polar surface area (TPSA) is 53.0 Å². The third-order valence-corrected chi connectivity index (χ3v) is 3.29. The molecule has 5 heteroatoms. The number of piperidine rings is 1. The number of fused-ring (bicyclic) bond motifs is 2. The molecule has 2 bridgehead atoms. The zero-order valence-corrected chi connectivity index (χ0v) is 10.8. The molecule has 2 unspecified atom stereocenters. The van der Waals surface area contributed by atoms with Crippen LogP contribution in [-0.4, -0.2) is 64.9 Å². The minimum Gasteiger partial charge on any atom is -0.444 e. The van der Waals surface area contributed by atoms with E-state index in [-0.39, 0.29) is 24.8 Å². The van der Waals surface area contributed by atoms with Gasteiger partial charge in [-0.15, -0.1) is 0 Å². The molecule has 0 spiro atoms. The van der Waals surface area contributed by atoms with Gasteiger partial charge >= 0.3 is 6.09 Å². The number of hydrogen-bond donors (Lipinski definition) is 1. The van der Waals surface area contributed by atoms with Gasteiger partial charge in [0, 0.05) is 19.6 Å². The quantitative estimate of drug-likeness (QED) is 0.773. The summed E-state index contributed by atoms with van der Waals surface area (Å²) in [6.07, 6.45) is 0.878. The van der Waals surface area contributed by atoms with Crippen molar-refractivity contribution in [1.29, 1.82) is 0 Å². The van der Waals surface area contributed by atoms with Crippen LogP contribution in [0.3, 0.4) is 0 Å². The van der Waals surface area contributed by atoms with Crippen LogP contribution >= 0.6 is 0 Å². The fourth-order valence-electron chi connectivity index (χ4n) is 2.63. The molecular weight excluding hydrogens is 220 g/mol. The molecule has 1 N–H and O–H groups in total. The van der Waals surface area contributed by atoms with Gasteiger partial charge in [0.15, 0.2) is 0 Å². The Balaban J connectivity index is 1.88. The summed E-state index contributed by atoms with van der Waals surface area (Å²) in [7, 11) is 0. The van der Waals surface area contributed by atoms with Crippen molar-refractivity contribution in [2.24, 2.45) is 0 Å². The molecule has 0 saturated carbocycles. The molecule has 3 heterocycles. The maximum absolute atomic E-state index is 12.0. The van der Waals surface area contributed by atoms with Gasteiger partial charge in [0.05, 0.1) is 18.7 Å². The number of rotatable bonds is 2. The monoisotopic (exact) mass is 242 g/mol. The fourth-order valence-corrected chi connectivity index (χ4v) is 2.63. The summed E-state index contributed by atoms with van der Waals surface area (Å²) in [6, 6.07) is 0.547. The normalized spacial score (nSPS) is 28.8. The van der Waals surface area contributed by atoms with Crippen LogP contribution in [0.5, 0.6) is 0 Å².